The lowest BCUT2D eigenvalue weighted by Gasteiger charge is -2.10. The van der Waals surface area contributed by atoms with Crippen molar-refractivity contribution >= 4 is 22.2 Å². The smallest absolute Gasteiger partial charge is 0.404 e. The van der Waals surface area contributed by atoms with Gasteiger partial charge < -0.3 is 4.74 Å². The van der Waals surface area contributed by atoms with E-state index < -0.39 is 12.1 Å². The number of halogens is 4. The Morgan fingerprint density at radius 1 is 1.50 bits per heavy atom. The van der Waals surface area contributed by atoms with Crippen LogP contribution in [0.25, 0.3) is 0 Å². The summed E-state index contributed by atoms with van der Waals surface area (Å²) in [6.07, 6.45) is -3.41. The molecule has 0 aliphatic heterocycles. The van der Waals surface area contributed by atoms with E-state index in [2.05, 4.69) is 25.7 Å². The second-order valence-corrected chi connectivity index (χ2v) is 2.97. The second kappa shape index (κ2) is 3.95. The highest BCUT2D eigenvalue weighted by molar-refractivity contribution is 9.10. The maximum Gasteiger partial charge on any atom is 0.573 e. The molecule has 1 aromatic rings. The lowest BCUT2D eigenvalue weighted by Crippen LogP contribution is -2.17. The number of alkyl halides is 3. The molecule has 14 heavy (non-hydrogen) atoms. The van der Waals surface area contributed by atoms with Crippen LogP contribution < -0.4 is 4.74 Å². The molecule has 0 bridgehead atoms. The minimum atomic E-state index is -4.79. The quantitative estimate of drug-likeness (QED) is 0.775. The summed E-state index contributed by atoms with van der Waals surface area (Å²) in [6, 6.07) is 1.00. The molecule has 0 radical (unpaired) electrons. The number of rotatable bonds is 2. The van der Waals surface area contributed by atoms with Gasteiger partial charge in [0.25, 0.3) is 0 Å². The number of aldehydes is 1. The van der Waals surface area contributed by atoms with E-state index in [0.29, 0.717) is 6.29 Å². The average molecular weight is 270 g/mol. The normalized spacial score (nSPS) is 11.1. The lowest BCUT2D eigenvalue weighted by atomic mass is 10.3. The third-order valence-corrected chi connectivity index (χ3v) is 2.02. The molecule has 7 heteroatoms. The summed E-state index contributed by atoms with van der Waals surface area (Å²) in [5.41, 5.74) is -0.147. The van der Waals surface area contributed by atoms with Crippen LogP contribution in [0, 0.1) is 0 Å². The molecule has 0 aliphatic carbocycles. The third kappa shape index (κ3) is 2.69. The second-order valence-electron chi connectivity index (χ2n) is 2.17. The first-order chi connectivity index (χ1) is 6.44. The van der Waals surface area contributed by atoms with Gasteiger partial charge >= 0.3 is 6.36 Å². The van der Waals surface area contributed by atoms with Crippen LogP contribution in [0.5, 0.6) is 5.75 Å². The maximum atomic E-state index is 11.8. The Morgan fingerprint density at radius 2 is 2.14 bits per heavy atom. The van der Waals surface area contributed by atoms with Crippen LogP contribution in [-0.4, -0.2) is 17.6 Å². The highest BCUT2D eigenvalue weighted by atomic mass is 79.9. The topological polar surface area (TPSA) is 39.2 Å². The van der Waals surface area contributed by atoms with E-state index in [4.69, 9.17) is 0 Å². The Hall–Kier alpha value is -1.11. The fraction of sp³-hybridized carbons (Fsp3) is 0.143. The molecule has 0 saturated carbocycles. The monoisotopic (exact) mass is 269 g/mol. The van der Waals surface area contributed by atoms with Crippen LogP contribution in [0.15, 0.2) is 16.7 Å². The van der Waals surface area contributed by atoms with Crippen molar-refractivity contribution < 1.29 is 22.7 Å². The number of nitrogens with zero attached hydrogens (tertiary/aromatic N) is 1. The Kier molecular flexibility index (Phi) is 3.10. The Balaban J connectivity index is 3.04. The number of pyridine rings is 1. The van der Waals surface area contributed by atoms with Gasteiger partial charge in [0, 0.05) is 12.3 Å². The van der Waals surface area contributed by atoms with Crippen molar-refractivity contribution in [3.05, 3.63) is 22.4 Å². The molecule has 3 nitrogen and oxygen atoms in total. The Morgan fingerprint density at radius 3 is 2.64 bits per heavy atom. The first kappa shape index (κ1) is 11.0. The van der Waals surface area contributed by atoms with Gasteiger partial charge in [0.1, 0.15) is 11.4 Å². The van der Waals surface area contributed by atoms with Gasteiger partial charge in [-0.15, -0.1) is 13.2 Å². The van der Waals surface area contributed by atoms with Gasteiger partial charge in [0.15, 0.2) is 6.29 Å². The third-order valence-electron chi connectivity index (χ3n) is 1.22. The largest absolute Gasteiger partial charge is 0.573 e. The molecule has 0 saturated heterocycles. The summed E-state index contributed by atoms with van der Waals surface area (Å²) in [4.78, 5) is 13.8. The van der Waals surface area contributed by atoms with Crippen molar-refractivity contribution in [1.29, 1.82) is 0 Å². The zero-order valence-electron chi connectivity index (χ0n) is 6.51. The van der Waals surface area contributed by atoms with Gasteiger partial charge in [-0.25, -0.2) is 0 Å². The van der Waals surface area contributed by atoms with Gasteiger partial charge in [-0.1, -0.05) is 0 Å². The van der Waals surface area contributed by atoms with E-state index in [1.165, 1.54) is 0 Å². The van der Waals surface area contributed by atoms with E-state index >= 15 is 0 Å². The molecule has 76 valence electrons. The molecule has 0 fully saturated rings. The van der Waals surface area contributed by atoms with Gasteiger partial charge in [-0.3, -0.25) is 9.78 Å². The molecule has 0 aromatic carbocycles. The number of hydrogen-bond donors (Lipinski definition) is 0. The van der Waals surface area contributed by atoms with E-state index in [0.717, 1.165) is 12.3 Å². The van der Waals surface area contributed by atoms with E-state index in [-0.39, 0.29) is 10.2 Å². The number of ether oxygens (including phenoxy) is 1. The lowest BCUT2D eigenvalue weighted by molar-refractivity contribution is -0.274. The van der Waals surface area contributed by atoms with Crippen LogP contribution in [0.3, 0.4) is 0 Å². The van der Waals surface area contributed by atoms with Crippen molar-refractivity contribution in [2.75, 3.05) is 0 Å². The standard InChI is InChI=1S/C7H3BrF3NO2/c8-6-4(3-13)12-2-1-5(6)14-7(9,10)11/h1-3H. The van der Waals surface area contributed by atoms with E-state index in [1.54, 1.807) is 0 Å². The van der Waals surface area contributed by atoms with Gasteiger partial charge in [-0.2, -0.15) is 0 Å². The molecule has 0 N–H and O–H groups in total. The molecule has 0 atom stereocenters. The van der Waals surface area contributed by atoms with Crippen LogP contribution >= 0.6 is 15.9 Å². The van der Waals surface area contributed by atoms with E-state index in [1.807, 2.05) is 0 Å². The van der Waals surface area contributed by atoms with Crippen LogP contribution in [0.1, 0.15) is 10.5 Å². The highest BCUT2D eigenvalue weighted by Crippen LogP contribution is 2.30. The SMILES string of the molecule is O=Cc1nccc(OC(F)(F)F)c1Br. The summed E-state index contributed by atoms with van der Waals surface area (Å²) >= 11 is 2.78. The summed E-state index contributed by atoms with van der Waals surface area (Å²) in [5.74, 6) is -0.491. The molecule has 0 amide bonds. The molecule has 1 rings (SSSR count). The number of aromatic nitrogens is 1. The molecule has 0 aliphatic rings. The summed E-state index contributed by atoms with van der Waals surface area (Å²) in [5, 5.41) is 0. The minimum absolute atomic E-state index is 0.118. The van der Waals surface area contributed by atoms with Crippen molar-refractivity contribution in [3.8, 4) is 5.75 Å². The molecular formula is C7H3BrF3NO2. The van der Waals surface area contributed by atoms with Crippen molar-refractivity contribution in [2.45, 2.75) is 6.36 Å². The highest BCUT2D eigenvalue weighted by Gasteiger charge is 2.32. The molecule has 0 spiro atoms. The maximum absolute atomic E-state index is 11.8. The van der Waals surface area contributed by atoms with Crippen LogP contribution in [0.4, 0.5) is 13.2 Å². The van der Waals surface area contributed by atoms with Crippen LogP contribution in [-0.2, 0) is 0 Å². The number of carbonyl (C=O) groups excluding carboxylic acids is 1. The molecule has 1 aromatic heterocycles. The van der Waals surface area contributed by atoms with Crippen molar-refractivity contribution in [3.63, 3.8) is 0 Å². The summed E-state index contributed by atoms with van der Waals surface area (Å²) in [7, 11) is 0. The van der Waals surface area contributed by atoms with Crippen LogP contribution in [0.2, 0.25) is 0 Å². The first-order valence-corrected chi connectivity index (χ1v) is 4.09. The molecule has 1 heterocycles. The van der Waals surface area contributed by atoms with E-state index in [9.17, 15) is 18.0 Å². The zero-order valence-corrected chi connectivity index (χ0v) is 8.09. The van der Waals surface area contributed by atoms with Gasteiger partial charge in [0.2, 0.25) is 0 Å². The minimum Gasteiger partial charge on any atom is -0.404 e. The van der Waals surface area contributed by atoms with Gasteiger partial charge in [0.05, 0.1) is 4.47 Å². The first-order valence-electron chi connectivity index (χ1n) is 3.29. The predicted molar refractivity (Wildman–Crippen MR) is 44.0 cm³/mol. The number of hydrogen-bond acceptors (Lipinski definition) is 3. The average Bonchev–Trinajstić information content (AvgIpc) is 2.06. The number of carbonyl (C=O) groups is 1. The fourth-order valence-corrected chi connectivity index (χ4v) is 1.14. The predicted octanol–water partition coefficient (Wildman–Crippen LogP) is 2.56. The molecule has 0 unspecified atom stereocenters. The fourth-order valence-electron chi connectivity index (χ4n) is 0.727. The van der Waals surface area contributed by atoms with Crippen molar-refractivity contribution in [1.82, 2.24) is 4.98 Å². The Bertz CT molecular complexity index is 353. The molecular weight excluding hydrogens is 267 g/mol. The Labute approximate surface area is 85.0 Å². The summed E-state index contributed by atoms with van der Waals surface area (Å²) < 4.78 is 38.9. The van der Waals surface area contributed by atoms with Crippen molar-refractivity contribution in [2.24, 2.45) is 0 Å². The van der Waals surface area contributed by atoms with Gasteiger partial charge in [-0.05, 0) is 15.9 Å². The zero-order chi connectivity index (χ0) is 10.8. The summed E-state index contributed by atoms with van der Waals surface area (Å²) in [6.45, 7) is 0.